The number of hydrogen-bond acceptors (Lipinski definition) is 3. The first kappa shape index (κ1) is 17.2. The molecule has 0 aromatic heterocycles. The summed E-state index contributed by atoms with van der Waals surface area (Å²) >= 11 is 0. The number of fused-ring (bicyclic) bond motifs is 1. The number of benzene rings is 2. The molecule has 1 aliphatic carbocycles. The van der Waals surface area contributed by atoms with E-state index in [1.807, 2.05) is 24.3 Å². The number of aliphatic hydroxyl groups is 1. The molecule has 0 radical (unpaired) electrons. The summed E-state index contributed by atoms with van der Waals surface area (Å²) in [6.07, 6.45) is -0.113. The molecular weight excluding hydrogens is 321 g/mol. The smallest absolute Gasteiger partial charge is 0.315 e. The van der Waals surface area contributed by atoms with Crippen LogP contribution in [0.25, 0.3) is 0 Å². The summed E-state index contributed by atoms with van der Waals surface area (Å²) in [5.74, 6) is -0.329. The van der Waals surface area contributed by atoms with Crippen molar-refractivity contribution < 1.29 is 14.3 Å². The minimum absolute atomic E-state index is 0.209. The molecule has 3 N–H and O–H groups in total. The van der Waals surface area contributed by atoms with E-state index in [4.69, 9.17) is 0 Å². The fourth-order valence-corrected chi connectivity index (χ4v) is 3.15. The summed E-state index contributed by atoms with van der Waals surface area (Å²) in [7, 11) is 3.54. The molecule has 5 nitrogen and oxygen atoms in total. The van der Waals surface area contributed by atoms with Crippen molar-refractivity contribution in [3.8, 4) is 0 Å². The van der Waals surface area contributed by atoms with Crippen molar-refractivity contribution >= 4 is 11.7 Å². The van der Waals surface area contributed by atoms with Crippen molar-refractivity contribution in [2.24, 2.45) is 0 Å². The van der Waals surface area contributed by atoms with E-state index in [2.05, 4.69) is 10.6 Å². The highest BCUT2D eigenvalue weighted by molar-refractivity contribution is 5.74. The normalized spacial score (nSPS) is 18.6. The molecule has 6 heteroatoms. The third-order valence-electron chi connectivity index (χ3n) is 4.44. The van der Waals surface area contributed by atoms with Crippen LogP contribution in [0.1, 0.15) is 22.7 Å². The van der Waals surface area contributed by atoms with Crippen LogP contribution in [0.5, 0.6) is 0 Å². The van der Waals surface area contributed by atoms with Gasteiger partial charge in [0.05, 0.1) is 17.8 Å². The number of rotatable bonds is 4. The number of amides is 2. The topological polar surface area (TPSA) is 64.6 Å². The Balaban J connectivity index is 1.59. The zero-order chi connectivity index (χ0) is 18.0. The van der Waals surface area contributed by atoms with Crippen molar-refractivity contribution in [3.05, 3.63) is 65.0 Å². The minimum atomic E-state index is -0.639. The predicted molar refractivity (Wildman–Crippen MR) is 95.0 cm³/mol. The maximum atomic E-state index is 14.0. The second-order valence-electron chi connectivity index (χ2n) is 6.46. The lowest BCUT2D eigenvalue weighted by atomic mass is 10.1. The highest BCUT2D eigenvalue weighted by atomic mass is 19.1. The minimum Gasteiger partial charge on any atom is -0.390 e. The number of halogens is 1. The lowest BCUT2D eigenvalue weighted by molar-refractivity contribution is 0.142. The molecule has 0 spiro atoms. The van der Waals surface area contributed by atoms with E-state index in [-0.39, 0.29) is 12.4 Å². The zero-order valence-corrected chi connectivity index (χ0v) is 14.3. The van der Waals surface area contributed by atoms with Crippen LogP contribution in [0, 0.1) is 5.82 Å². The number of hydrogen-bond donors (Lipinski definition) is 3. The number of nitrogens with zero attached hydrogens (tertiary/aromatic N) is 1. The van der Waals surface area contributed by atoms with Crippen LogP contribution >= 0.6 is 0 Å². The van der Waals surface area contributed by atoms with Gasteiger partial charge in [0.25, 0.3) is 0 Å². The molecule has 2 aromatic carbocycles. The Morgan fingerprint density at radius 1 is 1.28 bits per heavy atom. The van der Waals surface area contributed by atoms with E-state index in [1.54, 1.807) is 31.1 Å². The first-order chi connectivity index (χ1) is 12.0. The molecule has 1 aliphatic rings. The van der Waals surface area contributed by atoms with Gasteiger partial charge in [0.2, 0.25) is 0 Å². The van der Waals surface area contributed by atoms with Crippen molar-refractivity contribution in [1.29, 1.82) is 0 Å². The highest BCUT2D eigenvalue weighted by Crippen LogP contribution is 2.31. The van der Waals surface area contributed by atoms with Crippen LogP contribution in [0.4, 0.5) is 14.9 Å². The molecule has 0 saturated heterocycles. The average Bonchev–Trinajstić information content (AvgIpc) is 2.88. The largest absolute Gasteiger partial charge is 0.390 e. The van der Waals surface area contributed by atoms with Crippen LogP contribution in [-0.2, 0) is 13.0 Å². The second-order valence-corrected chi connectivity index (χ2v) is 6.46. The van der Waals surface area contributed by atoms with Gasteiger partial charge in [0.1, 0.15) is 5.82 Å². The molecule has 2 atom stereocenters. The van der Waals surface area contributed by atoms with Gasteiger partial charge < -0.3 is 20.6 Å². The number of carbonyl (C=O) groups excluding carboxylic acids is 1. The van der Waals surface area contributed by atoms with Crippen molar-refractivity contribution in [3.63, 3.8) is 0 Å². The summed E-state index contributed by atoms with van der Waals surface area (Å²) in [6, 6.07) is 11.7. The van der Waals surface area contributed by atoms with Gasteiger partial charge in [-0.2, -0.15) is 0 Å². The van der Waals surface area contributed by atoms with E-state index >= 15 is 0 Å². The van der Waals surface area contributed by atoms with Crippen LogP contribution < -0.4 is 15.5 Å². The molecule has 2 aromatic rings. The Morgan fingerprint density at radius 3 is 2.76 bits per heavy atom. The van der Waals surface area contributed by atoms with E-state index < -0.39 is 18.2 Å². The van der Waals surface area contributed by atoms with E-state index in [1.165, 1.54) is 6.07 Å². The van der Waals surface area contributed by atoms with E-state index in [0.717, 1.165) is 11.1 Å². The Kier molecular flexibility index (Phi) is 4.90. The zero-order valence-electron chi connectivity index (χ0n) is 14.3. The Labute approximate surface area is 146 Å². The molecule has 25 heavy (non-hydrogen) atoms. The predicted octanol–water partition coefficient (Wildman–Crippen LogP) is 2.35. The molecule has 0 bridgehead atoms. The van der Waals surface area contributed by atoms with Crippen molar-refractivity contribution in [2.45, 2.75) is 25.1 Å². The molecule has 0 saturated carbocycles. The molecule has 132 valence electrons. The van der Waals surface area contributed by atoms with Gasteiger partial charge >= 0.3 is 6.03 Å². The van der Waals surface area contributed by atoms with Gasteiger partial charge in [0.15, 0.2) is 0 Å². The lowest BCUT2D eigenvalue weighted by Gasteiger charge is -2.19. The third kappa shape index (κ3) is 3.74. The summed E-state index contributed by atoms with van der Waals surface area (Å²) in [5, 5.41) is 15.7. The monoisotopic (exact) mass is 343 g/mol. The second kappa shape index (κ2) is 7.11. The summed E-state index contributed by atoms with van der Waals surface area (Å²) in [5.41, 5.74) is 3.15. The maximum absolute atomic E-state index is 14.0. The highest BCUT2D eigenvalue weighted by Gasteiger charge is 2.31. The van der Waals surface area contributed by atoms with Crippen LogP contribution in [-0.4, -0.2) is 31.3 Å². The molecule has 2 amide bonds. The van der Waals surface area contributed by atoms with E-state index in [0.29, 0.717) is 17.7 Å². The fraction of sp³-hybridized carbons (Fsp3) is 0.316. The quantitative estimate of drug-likeness (QED) is 0.798. The van der Waals surface area contributed by atoms with Crippen LogP contribution in [0.3, 0.4) is 0 Å². The summed E-state index contributed by atoms with van der Waals surface area (Å²) < 4.78 is 14.0. The number of carbonyl (C=O) groups is 1. The summed E-state index contributed by atoms with van der Waals surface area (Å²) in [6.45, 7) is 0.209. The Hall–Kier alpha value is -2.60. The van der Waals surface area contributed by atoms with Gasteiger partial charge in [0, 0.05) is 27.1 Å². The van der Waals surface area contributed by atoms with Gasteiger partial charge in [-0.25, -0.2) is 9.18 Å². The number of anilines is 1. The van der Waals surface area contributed by atoms with E-state index in [9.17, 15) is 14.3 Å². The van der Waals surface area contributed by atoms with Gasteiger partial charge in [-0.15, -0.1) is 0 Å². The number of aliphatic hydroxyl groups excluding tert-OH is 1. The van der Waals surface area contributed by atoms with Gasteiger partial charge in [-0.1, -0.05) is 30.3 Å². The Bertz CT molecular complexity index is 779. The summed E-state index contributed by atoms with van der Waals surface area (Å²) in [4.78, 5) is 13.8. The van der Waals surface area contributed by atoms with Crippen LogP contribution in [0.15, 0.2) is 42.5 Å². The average molecular weight is 343 g/mol. The number of nitrogens with one attached hydrogen (secondary N) is 2. The number of urea groups is 1. The first-order valence-corrected chi connectivity index (χ1v) is 8.21. The third-order valence-corrected chi connectivity index (χ3v) is 4.44. The van der Waals surface area contributed by atoms with Crippen molar-refractivity contribution in [2.75, 3.05) is 19.0 Å². The lowest BCUT2D eigenvalue weighted by Crippen LogP contribution is -2.40. The Morgan fingerprint density at radius 2 is 2.04 bits per heavy atom. The van der Waals surface area contributed by atoms with Gasteiger partial charge in [-0.05, 0) is 28.8 Å². The SMILES string of the molecule is CN(C)c1ccc(CNC(=O)N[C@@H]2c3ccccc3C[C@@H]2O)cc1F. The molecule has 0 unspecified atom stereocenters. The first-order valence-electron chi connectivity index (χ1n) is 8.21. The van der Waals surface area contributed by atoms with Crippen LogP contribution in [0.2, 0.25) is 0 Å². The molecular formula is C19H22FN3O2. The molecule has 0 aliphatic heterocycles. The fourth-order valence-electron chi connectivity index (χ4n) is 3.15. The maximum Gasteiger partial charge on any atom is 0.315 e. The van der Waals surface area contributed by atoms with Gasteiger partial charge in [-0.3, -0.25) is 0 Å². The molecule has 0 fully saturated rings. The molecule has 3 rings (SSSR count). The van der Waals surface area contributed by atoms with Crippen molar-refractivity contribution in [1.82, 2.24) is 10.6 Å². The molecule has 0 heterocycles. The standard InChI is InChI=1S/C19H22FN3O2/c1-23(2)16-8-7-12(9-15(16)20)11-21-19(25)22-18-14-6-4-3-5-13(14)10-17(18)24/h3-9,17-18,24H,10-11H2,1-2H3,(H2,21,22,25)/t17-,18+/m0/s1.